The minimum atomic E-state index is -3.46. The highest BCUT2D eigenvalue weighted by molar-refractivity contribution is 7.91. The molecule has 0 saturated carbocycles. The summed E-state index contributed by atoms with van der Waals surface area (Å²) in [4.78, 5) is 15.8. The molecule has 1 atom stereocenters. The van der Waals surface area contributed by atoms with E-state index in [0.717, 1.165) is 43.6 Å². The Morgan fingerprint density at radius 1 is 1.08 bits per heavy atom. The van der Waals surface area contributed by atoms with Crippen LogP contribution in [0.1, 0.15) is 43.4 Å². The van der Waals surface area contributed by atoms with Crippen LogP contribution in [-0.2, 0) is 14.8 Å². The molecule has 3 heterocycles. The van der Waals surface area contributed by atoms with Crippen molar-refractivity contribution in [1.82, 2.24) is 9.21 Å². The summed E-state index contributed by atoms with van der Waals surface area (Å²) in [6.45, 7) is 4.40. The lowest BCUT2D eigenvalue weighted by Crippen LogP contribution is -2.46. The van der Waals surface area contributed by atoms with Gasteiger partial charge in [0.05, 0.1) is 5.92 Å². The van der Waals surface area contributed by atoms with Crippen molar-refractivity contribution in [2.45, 2.75) is 49.7 Å². The number of rotatable bonds is 3. The van der Waals surface area contributed by atoms with Crippen molar-refractivity contribution >= 4 is 27.3 Å². The zero-order chi connectivity index (χ0) is 17.2. The number of amides is 1. The largest absolute Gasteiger partial charge is 0.342 e. The van der Waals surface area contributed by atoms with Gasteiger partial charge in [0.1, 0.15) is 4.21 Å². The molecule has 2 aliphatic heterocycles. The molecule has 7 heteroatoms. The van der Waals surface area contributed by atoms with Crippen molar-refractivity contribution in [2.75, 3.05) is 26.2 Å². The Morgan fingerprint density at radius 3 is 2.42 bits per heavy atom. The topological polar surface area (TPSA) is 57.7 Å². The molecule has 1 aromatic rings. The highest BCUT2D eigenvalue weighted by atomic mass is 32.2. The van der Waals surface area contributed by atoms with Crippen LogP contribution in [0.5, 0.6) is 0 Å². The number of aryl methyl sites for hydroxylation is 1. The Labute approximate surface area is 148 Å². The van der Waals surface area contributed by atoms with Gasteiger partial charge in [-0.15, -0.1) is 11.3 Å². The van der Waals surface area contributed by atoms with E-state index in [-0.39, 0.29) is 11.8 Å². The maximum atomic E-state index is 12.8. The second kappa shape index (κ2) is 7.54. The minimum Gasteiger partial charge on any atom is -0.342 e. The third-order valence-electron chi connectivity index (χ3n) is 4.96. The van der Waals surface area contributed by atoms with E-state index in [1.54, 1.807) is 6.07 Å². The zero-order valence-electron chi connectivity index (χ0n) is 14.2. The van der Waals surface area contributed by atoms with Crippen LogP contribution in [0.3, 0.4) is 0 Å². The second-order valence-corrected chi connectivity index (χ2v) is 10.3. The molecule has 1 unspecified atom stereocenters. The molecule has 2 fully saturated rings. The maximum absolute atomic E-state index is 12.8. The molecule has 1 amide bonds. The lowest BCUT2D eigenvalue weighted by Gasteiger charge is -2.33. The number of carbonyl (C=O) groups excluding carboxylic acids is 1. The molecule has 1 aromatic heterocycles. The van der Waals surface area contributed by atoms with Crippen LogP contribution >= 0.6 is 11.3 Å². The van der Waals surface area contributed by atoms with E-state index < -0.39 is 10.0 Å². The Bertz CT molecular complexity index is 676. The summed E-state index contributed by atoms with van der Waals surface area (Å²) >= 11 is 1.30. The number of piperidine rings is 1. The highest BCUT2D eigenvalue weighted by Gasteiger charge is 2.35. The normalized spacial score (nSPS) is 23.9. The molecule has 2 aliphatic rings. The molecule has 0 N–H and O–H groups in total. The zero-order valence-corrected chi connectivity index (χ0v) is 15.9. The first kappa shape index (κ1) is 17.9. The SMILES string of the molecule is Cc1ccc(S(=O)(=O)N2CCCC(C(=O)N3CCCCCC3)C2)s1. The van der Waals surface area contributed by atoms with Gasteiger partial charge in [0, 0.05) is 31.1 Å². The van der Waals surface area contributed by atoms with Crippen molar-refractivity contribution in [1.29, 1.82) is 0 Å². The Hall–Kier alpha value is -0.920. The number of hydrogen-bond donors (Lipinski definition) is 0. The summed E-state index contributed by atoms with van der Waals surface area (Å²) in [7, 11) is -3.46. The Morgan fingerprint density at radius 2 is 1.79 bits per heavy atom. The van der Waals surface area contributed by atoms with Gasteiger partial charge in [-0.05, 0) is 44.7 Å². The van der Waals surface area contributed by atoms with Crippen LogP contribution in [0.15, 0.2) is 16.3 Å². The molecule has 3 rings (SSSR count). The van der Waals surface area contributed by atoms with E-state index in [0.29, 0.717) is 17.3 Å². The second-order valence-electron chi connectivity index (χ2n) is 6.81. The van der Waals surface area contributed by atoms with Crippen molar-refractivity contribution < 1.29 is 13.2 Å². The quantitative estimate of drug-likeness (QED) is 0.822. The van der Waals surface area contributed by atoms with Crippen LogP contribution in [0.25, 0.3) is 0 Å². The van der Waals surface area contributed by atoms with Gasteiger partial charge in [-0.3, -0.25) is 4.79 Å². The van der Waals surface area contributed by atoms with Gasteiger partial charge >= 0.3 is 0 Å². The van der Waals surface area contributed by atoms with Gasteiger partial charge in [-0.1, -0.05) is 12.8 Å². The monoisotopic (exact) mass is 370 g/mol. The Balaban J connectivity index is 1.70. The number of thiophene rings is 1. The molecule has 24 heavy (non-hydrogen) atoms. The van der Waals surface area contributed by atoms with E-state index in [1.165, 1.54) is 28.5 Å². The van der Waals surface area contributed by atoms with E-state index >= 15 is 0 Å². The minimum absolute atomic E-state index is 0.152. The van der Waals surface area contributed by atoms with Crippen LogP contribution in [-0.4, -0.2) is 49.7 Å². The average molecular weight is 371 g/mol. The van der Waals surface area contributed by atoms with E-state index in [9.17, 15) is 13.2 Å². The molecule has 0 spiro atoms. The van der Waals surface area contributed by atoms with E-state index in [1.807, 2.05) is 17.9 Å². The van der Waals surface area contributed by atoms with E-state index in [4.69, 9.17) is 0 Å². The summed E-state index contributed by atoms with van der Waals surface area (Å²) in [6, 6.07) is 3.51. The number of nitrogens with zero attached hydrogens (tertiary/aromatic N) is 2. The predicted molar refractivity (Wildman–Crippen MR) is 95.6 cm³/mol. The molecule has 0 radical (unpaired) electrons. The fourth-order valence-corrected chi connectivity index (χ4v) is 6.55. The maximum Gasteiger partial charge on any atom is 0.252 e. The smallest absolute Gasteiger partial charge is 0.252 e. The molecular formula is C17H26N2O3S2. The third-order valence-corrected chi connectivity index (χ3v) is 8.29. The van der Waals surface area contributed by atoms with Crippen molar-refractivity contribution in [3.63, 3.8) is 0 Å². The number of likely N-dealkylation sites (tertiary alicyclic amines) is 1. The fraction of sp³-hybridized carbons (Fsp3) is 0.706. The summed E-state index contributed by atoms with van der Waals surface area (Å²) in [5.74, 6) is -0.0353. The summed E-state index contributed by atoms with van der Waals surface area (Å²) in [5, 5.41) is 0. The average Bonchev–Trinajstić information content (AvgIpc) is 2.86. The fourth-order valence-electron chi connectivity index (χ4n) is 3.59. The van der Waals surface area contributed by atoms with E-state index in [2.05, 4.69) is 0 Å². The Kier molecular flexibility index (Phi) is 5.62. The first-order valence-corrected chi connectivity index (χ1v) is 11.1. The van der Waals surface area contributed by atoms with Crippen molar-refractivity contribution in [3.8, 4) is 0 Å². The van der Waals surface area contributed by atoms with Crippen LogP contribution in [0, 0.1) is 12.8 Å². The van der Waals surface area contributed by atoms with Crippen molar-refractivity contribution in [2.24, 2.45) is 5.92 Å². The summed E-state index contributed by atoms with van der Waals surface area (Å²) in [5.41, 5.74) is 0. The van der Waals surface area contributed by atoms with Crippen LogP contribution < -0.4 is 0 Å². The number of hydrogen-bond acceptors (Lipinski definition) is 4. The molecular weight excluding hydrogens is 344 g/mol. The first-order chi connectivity index (χ1) is 11.5. The summed E-state index contributed by atoms with van der Waals surface area (Å²) in [6.07, 6.45) is 6.06. The summed E-state index contributed by atoms with van der Waals surface area (Å²) < 4.78 is 27.5. The molecule has 0 bridgehead atoms. The number of sulfonamides is 1. The van der Waals surface area contributed by atoms with Gasteiger partial charge in [-0.2, -0.15) is 4.31 Å². The highest BCUT2D eigenvalue weighted by Crippen LogP contribution is 2.29. The van der Waals surface area contributed by atoms with Crippen molar-refractivity contribution in [3.05, 3.63) is 17.0 Å². The van der Waals surface area contributed by atoms with Crippen LogP contribution in [0.4, 0.5) is 0 Å². The van der Waals surface area contributed by atoms with Gasteiger partial charge in [0.2, 0.25) is 5.91 Å². The molecule has 2 saturated heterocycles. The number of carbonyl (C=O) groups is 1. The lowest BCUT2D eigenvalue weighted by molar-refractivity contribution is -0.136. The molecule has 0 aliphatic carbocycles. The standard InChI is InChI=1S/C17H26N2O3S2/c1-14-8-9-16(23-14)24(21,22)19-12-6-7-15(13-19)17(20)18-10-4-2-3-5-11-18/h8-9,15H,2-7,10-13H2,1H3. The van der Waals surface area contributed by atoms with Gasteiger partial charge in [0.25, 0.3) is 10.0 Å². The van der Waals surface area contributed by atoms with Gasteiger partial charge < -0.3 is 4.90 Å². The molecule has 5 nitrogen and oxygen atoms in total. The molecule has 134 valence electrons. The third kappa shape index (κ3) is 3.83. The predicted octanol–water partition coefficient (Wildman–Crippen LogP) is 2.86. The van der Waals surface area contributed by atoms with Gasteiger partial charge in [0.15, 0.2) is 0 Å². The van der Waals surface area contributed by atoms with Crippen LogP contribution in [0.2, 0.25) is 0 Å². The van der Waals surface area contributed by atoms with Gasteiger partial charge in [-0.25, -0.2) is 8.42 Å². The lowest BCUT2D eigenvalue weighted by atomic mass is 9.98. The first-order valence-electron chi connectivity index (χ1n) is 8.84. The molecule has 0 aromatic carbocycles.